The fourth-order valence-electron chi connectivity index (χ4n) is 2.02. The van der Waals surface area contributed by atoms with Crippen LogP contribution in [0.4, 0.5) is 0 Å². The number of rotatable bonds is 2. The normalized spacial score (nSPS) is 11.0. The minimum atomic E-state index is 0.0543. The second kappa shape index (κ2) is 5.47. The van der Waals surface area contributed by atoms with E-state index in [2.05, 4.69) is 41.9 Å². The first kappa shape index (κ1) is 14.6. The third-order valence-corrected chi connectivity index (χ3v) is 4.39. The molecule has 2 aromatic heterocycles. The average Bonchev–Trinajstić information content (AvgIpc) is 2.83. The maximum Gasteiger partial charge on any atom is 0.171 e. The lowest BCUT2D eigenvalue weighted by atomic mass is 10.1. The van der Waals surface area contributed by atoms with Crippen molar-refractivity contribution in [2.24, 2.45) is 0 Å². The molecule has 108 valence electrons. The lowest BCUT2D eigenvalue weighted by Gasteiger charge is -2.12. The van der Waals surface area contributed by atoms with Crippen LogP contribution in [0.1, 0.15) is 0 Å². The molecule has 1 N–H and O–H groups in total. The van der Waals surface area contributed by atoms with Crippen LogP contribution in [0.5, 0.6) is 11.5 Å². The summed E-state index contributed by atoms with van der Waals surface area (Å²) in [7, 11) is 1.53. The molecule has 0 saturated carbocycles. The van der Waals surface area contributed by atoms with E-state index in [0.717, 1.165) is 0 Å². The molecule has 0 radical (unpaired) electrons. The maximum atomic E-state index is 10.2. The summed E-state index contributed by atoms with van der Waals surface area (Å²) in [6.45, 7) is 0. The number of halogens is 3. The summed E-state index contributed by atoms with van der Waals surface area (Å²) in [6.07, 6.45) is 1.61. The van der Waals surface area contributed by atoms with Crippen molar-refractivity contribution in [1.82, 2.24) is 14.6 Å². The Morgan fingerprint density at radius 2 is 2.05 bits per heavy atom. The molecule has 0 spiro atoms. The van der Waals surface area contributed by atoms with Crippen LogP contribution in [0.3, 0.4) is 0 Å². The molecular formula is C13H8Br2ClN3O2. The summed E-state index contributed by atoms with van der Waals surface area (Å²) in [5, 5.41) is 14.6. The van der Waals surface area contributed by atoms with Crippen LogP contribution in [0.25, 0.3) is 16.9 Å². The van der Waals surface area contributed by atoms with Crippen molar-refractivity contribution < 1.29 is 9.84 Å². The lowest BCUT2D eigenvalue weighted by Crippen LogP contribution is -1.97. The van der Waals surface area contributed by atoms with E-state index in [0.29, 0.717) is 36.8 Å². The van der Waals surface area contributed by atoms with Gasteiger partial charge >= 0.3 is 0 Å². The van der Waals surface area contributed by atoms with E-state index in [1.807, 2.05) is 0 Å². The zero-order valence-electron chi connectivity index (χ0n) is 10.6. The SMILES string of the molecule is COc1c(Br)ccc(O)c1-c1cc(Cl)n2ncc(Br)c2n1. The van der Waals surface area contributed by atoms with Crippen LogP contribution in [0, 0.1) is 0 Å². The molecule has 0 unspecified atom stereocenters. The number of benzene rings is 1. The topological polar surface area (TPSA) is 59.7 Å². The Balaban J connectivity index is 2.35. The zero-order chi connectivity index (χ0) is 15.1. The van der Waals surface area contributed by atoms with E-state index in [4.69, 9.17) is 16.3 Å². The molecule has 0 atom stereocenters. The number of hydrogen-bond donors (Lipinski definition) is 1. The zero-order valence-corrected chi connectivity index (χ0v) is 14.6. The summed E-state index contributed by atoms with van der Waals surface area (Å²) in [6, 6.07) is 4.89. The minimum absolute atomic E-state index is 0.0543. The fourth-order valence-corrected chi connectivity index (χ4v) is 3.09. The highest BCUT2D eigenvalue weighted by molar-refractivity contribution is 9.11. The first-order valence-corrected chi connectivity index (χ1v) is 7.75. The van der Waals surface area contributed by atoms with Gasteiger partial charge in [0.25, 0.3) is 0 Å². The Morgan fingerprint density at radius 3 is 2.76 bits per heavy atom. The highest BCUT2D eigenvalue weighted by atomic mass is 79.9. The predicted octanol–water partition coefficient (Wildman–Crippen LogP) is 4.29. The van der Waals surface area contributed by atoms with Crippen molar-refractivity contribution in [2.45, 2.75) is 0 Å². The molecule has 2 heterocycles. The molecule has 8 heteroatoms. The van der Waals surface area contributed by atoms with Gasteiger partial charge in [0.2, 0.25) is 0 Å². The Hall–Kier alpha value is -1.31. The lowest BCUT2D eigenvalue weighted by molar-refractivity contribution is 0.407. The van der Waals surface area contributed by atoms with Crippen molar-refractivity contribution in [1.29, 1.82) is 0 Å². The van der Waals surface area contributed by atoms with E-state index < -0.39 is 0 Å². The van der Waals surface area contributed by atoms with Gasteiger partial charge in [0.1, 0.15) is 16.7 Å². The number of aromatic hydroxyl groups is 1. The van der Waals surface area contributed by atoms with Gasteiger partial charge < -0.3 is 9.84 Å². The number of phenols is 1. The molecule has 3 aromatic rings. The van der Waals surface area contributed by atoms with E-state index >= 15 is 0 Å². The van der Waals surface area contributed by atoms with Crippen molar-refractivity contribution in [3.8, 4) is 22.8 Å². The third-order valence-electron chi connectivity index (χ3n) is 2.93. The summed E-state index contributed by atoms with van der Waals surface area (Å²) >= 11 is 13.0. The van der Waals surface area contributed by atoms with Crippen molar-refractivity contribution in [2.75, 3.05) is 7.11 Å². The van der Waals surface area contributed by atoms with Gasteiger partial charge in [-0.1, -0.05) is 11.6 Å². The second-order valence-corrected chi connectivity index (χ2v) is 6.26. The van der Waals surface area contributed by atoms with E-state index in [9.17, 15) is 5.11 Å². The Kier molecular flexibility index (Phi) is 3.81. The largest absolute Gasteiger partial charge is 0.507 e. The number of phenolic OH excluding ortho intramolecular Hbond substituents is 1. The van der Waals surface area contributed by atoms with Crippen LogP contribution in [-0.2, 0) is 0 Å². The minimum Gasteiger partial charge on any atom is -0.507 e. The molecule has 1 aromatic carbocycles. The third kappa shape index (κ3) is 2.39. The molecule has 0 saturated heterocycles. The summed E-state index contributed by atoms with van der Waals surface area (Å²) in [5.74, 6) is 0.539. The van der Waals surface area contributed by atoms with Gasteiger partial charge in [-0.3, -0.25) is 0 Å². The molecule has 0 aliphatic heterocycles. The molecule has 0 amide bonds. The molecular weight excluding hydrogens is 425 g/mol. The fraction of sp³-hybridized carbons (Fsp3) is 0.0769. The number of aromatic nitrogens is 3. The first-order chi connectivity index (χ1) is 10.0. The summed E-state index contributed by atoms with van der Waals surface area (Å²) in [4.78, 5) is 4.48. The van der Waals surface area contributed by atoms with Crippen LogP contribution in [0.2, 0.25) is 5.15 Å². The number of methoxy groups -OCH3 is 1. The van der Waals surface area contributed by atoms with Crippen molar-refractivity contribution in [3.63, 3.8) is 0 Å². The van der Waals surface area contributed by atoms with Crippen LogP contribution in [0.15, 0.2) is 33.3 Å². The van der Waals surface area contributed by atoms with Crippen LogP contribution >= 0.6 is 43.5 Å². The van der Waals surface area contributed by atoms with Crippen molar-refractivity contribution >= 4 is 49.1 Å². The van der Waals surface area contributed by atoms with Crippen molar-refractivity contribution in [3.05, 3.63) is 38.5 Å². The van der Waals surface area contributed by atoms with Gasteiger partial charge in [0.15, 0.2) is 5.65 Å². The summed E-state index contributed by atoms with van der Waals surface area (Å²) in [5.41, 5.74) is 1.51. The maximum absolute atomic E-state index is 10.2. The van der Waals surface area contributed by atoms with E-state index in [1.165, 1.54) is 11.6 Å². The highest BCUT2D eigenvalue weighted by Gasteiger charge is 2.18. The first-order valence-electron chi connectivity index (χ1n) is 5.78. The number of fused-ring (bicyclic) bond motifs is 1. The molecule has 0 bridgehead atoms. The average molecular weight is 433 g/mol. The van der Waals surface area contributed by atoms with E-state index in [1.54, 1.807) is 24.4 Å². The predicted molar refractivity (Wildman–Crippen MR) is 87.0 cm³/mol. The smallest absolute Gasteiger partial charge is 0.171 e. The van der Waals surface area contributed by atoms with Crippen LogP contribution < -0.4 is 4.74 Å². The van der Waals surface area contributed by atoms with Gasteiger partial charge in [-0.15, -0.1) is 0 Å². The molecule has 5 nitrogen and oxygen atoms in total. The monoisotopic (exact) mass is 431 g/mol. The molecule has 0 fully saturated rings. The van der Waals surface area contributed by atoms with Gasteiger partial charge in [0, 0.05) is 6.07 Å². The number of nitrogens with zero attached hydrogens (tertiary/aromatic N) is 3. The Morgan fingerprint density at radius 1 is 1.29 bits per heavy atom. The van der Waals surface area contributed by atoms with E-state index in [-0.39, 0.29) is 5.75 Å². The molecule has 3 rings (SSSR count). The van der Waals surface area contributed by atoms with Gasteiger partial charge in [-0.25, -0.2) is 9.50 Å². The standard InChI is InChI=1S/C13H8Br2ClN3O2/c1-21-12-6(14)2-3-9(20)11(12)8-4-10(16)19-13(18-8)7(15)5-17-19/h2-5,20H,1H3. The Bertz CT molecular complexity index is 851. The molecule has 0 aliphatic carbocycles. The second-order valence-electron chi connectivity index (χ2n) is 4.17. The molecule has 21 heavy (non-hydrogen) atoms. The number of hydrogen-bond acceptors (Lipinski definition) is 4. The quantitative estimate of drug-likeness (QED) is 0.613. The summed E-state index contributed by atoms with van der Waals surface area (Å²) < 4.78 is 8.27. The Labute approximate surface area is 141 Å². The molecule has 0 aliphatic rings. The van der Waals surface area contributed by atoms with Gasteiger partial charge in [0.05, 0.1) is 33.5 Å². The van der Waals surface area contributed by atoms with Crippen LogP contribution in [-0.4, -0.2) is 26.8 Å². The van der Waals surface area contributed by atoms with Gasteiger partial charge in [-0.05, 0) is 44.0 Å². The highest BCUT2D eigenvalue weighted by Crippen LogP contribution is 2.42. The van der Waals surface area contributed by atoms with Gasteiger partial charge in [-0.2, -0.15) is 5.10 Å². The number of ether oxygens (including phenoxy) is 1.